The number of amides is 2. The molecular formula is C26H27FN2O4. The van der Waals surface area contributed by atoms with Crippen LogP contribution in [0.2, 0.25) is 0 Å². The fourth-order valence-corrected chi connectivity index (χ4v) is 3.34. The Morgan fingerprint density at radius 3 is 2.39 bits per heavy atom. The van der Waals surface area contributed by atoms with Gasteiger partial charge in [0, 0.05) is 24.9 Å². The molecule has 0 unspecified atom stereocenters. The summed E-state index contributed by atoms with van der Waals surface area (Å²) < 4.78 is 23.9. The van der Waals surface area contributed by atoms with Gasteiger partial charge in [0.15, 0.2) is 0 Å². The summed E-state index contributed by atoms with van der Waals surface area (Å²) in [5, 5.41) is 2.78. The summed E-state index contributed by atoms with van der Waals surface area (Å²) in [6.07, 6.45) is 0.220. The number of ether oxygens (including phenoxy) is 2. The molecule has 2 amide bonds. The molecule has 0 spiro atoms. The molecule has 172 valence electrons. The van der Waals surface area contributed by atoms with Crippen LogP contribution < -0.4 is 15.0 Å². The van der Waals surface area contributed by atoms with Crippen LogP contribution in [0.3, 0.4) is 0 Å². The molecule has 1 N–H and O–H groups in total. The lowest BCUT2D eigenvalue weighted by atomic mass is 10.1. The summed E-state index contributed by atoms with van der Waals surface area (Å²) in [5.41, 5.74) is 2.56. The second-order valence-corrected chi connectivity index (χ2v) is 7.44. The Kier molecular flexibility index (Phi) is 8.55. The van der Waals surface area contributed by atoms with Crippen molar-refractivity contribution in [2.45, 2.75) is 13.0 Å². The van der Waals surface area contributed by atoms with Gasteiger partial charge in [0.1, 0.15) is 11.6 Å². The van der Waals surface area contributed by atoms with Crippen LogP contribution in [0.15, 0.2) is 72.8 Å². The first-order valence-electron chi connectivity index (χ1n) is 10.5. The van der Waals surface area contributed by atoms with Gasteiger partial charge in [-0.3, -0.25) is 9.59 Å². The number of halogens is 1. The van der Waals surface area contributed by atoms with E-state index in [-0.39, 0.29) is 30.6 Å². The molecule has 0 bridgehead atoms. The number of nitrogens with one attached hydrogen (secondary N) is 1. The van der Waals surface area contributed by atoms with Crippen molar-refractivity contribution >= 4 is 17.5 Å². The Balaban J connectivity index is 1.84. The van der Waals surface area contributed by atoms with Gasteiger partial charge in [-0.1, -0.05) is 30.3 Å². The number of anilines is 1. The summed E-state index contributed by atoms with van der Waals surface area (Å²) in [4.78, 5) is 27.0. The number of methoxy groups -OCH3 is 2. The van der Waals surface area contributed by atoms with E-state index in [9.17, 15) is 14.0 Å². The number of carbonyl (C=O) groups excluding carboxylic acids is 2. The van der Waals surface area contributed by atoms with Crippen LogP contribution in [-0.2, 0) is 22.5 Å². The zero-order valence-corrected chi connectivity index (χ0v) is 18.7. The Labute approximate surface area is 192 Å². The number of carbonyl (C=O) groups is 2. The van der Waals surface area contributed by atoms with Crippen LogP contribution in [0, 0.1) is 5.82 Å². The molecule has 3 aromatic rings. The first-order valence-corrected chi connectivity index (χ1v) is 10.5. The monoisotopic (exact) mass is 450 g/mol. The highest BCUT2D eigenvalue weighted by Gasteiger charge is 2.19. The van der Waals surface area contributed by atoms with Crippen molar-refractivity contribution in [2.75, 3.05) is 32.3 Å². The van der Waals surface area contributed by atoms with Crippen LogP contribution in [0.25, 0.3) is 0 Å². The van der Waals surface area contributed by atoms with E-state index in [4.69, 9.17) is 9.47 Å². The average molecular weight is 451 g/mol. The molecule has 3 aromatic carbocycles. The molecule has 0 saturated carbocycles. The van der Waals surface area contributed by atoms with E-state index in [1.54, 1.807) is 60.5 Å². The van der Waals surface area contributed by atoms with E-state index < -0.39 is 0 Å². The molecule has 0 aromatic heterocycles. The van der Waals surface area contributed by atoms with Crippen molar-refractivity contribution in [3.05, 3.63) is 95.3 Å². The largest absolute Gasteiger partial charge is 0.497 e. The van der Waals surface area contributed by atoms with Crippen molar-refractivity contribution in [3.63, 3.8) is 0 Å². The van der Waals surface area contributed by atoms with Gasteiger partial charge in [-0.2, -0.15) is 0 Å². The highest BCUT2D eigenvalue weighted by atomic mass is 19.1. The van der Waals surface area contributed by atoms with Crippen LogP contribution in [0.1, 0.15) is 21.5 Å². The molecule has 0 fully saturated rings. The standard InChI is InChI=1S/C26H27FN2O4/c1-32-14-13-28-25(30)16-19-9-11-23(12-10-19)29(18-20-5-3-7-22(27)15-20)26(31)21-6-4-8-24(17-21)33-2/h3-12,15,17H,13-14,16,18H2,1-2H3,(H,28,30). The smallest absolute Gasteiger partial charge is 0.258 e. The fourth-order valence-electron chi connectivity index (χ4n) is 3.34. The van der Waals surface area contributed by atoms with Crippen molar-refractivity contribution < 1.29 is 23.5 Å². The van der Waals surface area contributed by atoms with E-state index in [0.717, 1.165) is 5.56 Å². The van der Waals surface area contributed by atoms with Crippen molar-refractivity contribution in [2.24, 2.45) is 0 Å². The molecule has 6 nitrogen and oxygen atoms in total. The Morgan fingerprint density at radius 2 is 1.70 bits per heavy atom. The number of hydrogen-bond donors (Lipinski definition) is 1. The third-order valence-electron chi connectivity index (χ3n) is 5.03. The highest BCUT2D eigenvalue weighted by Crippen LogP contribution is 2.23. The summed E-state index contributed by atoms with van der Waals surface area (Å²) in [5.74, 6) is -0.149. The van der Waals surface area contributed by atoms with Crippen molar-refractivity contribution in [3.8, 4) is 5.75 Å². The molecule has 0 saturated heterocycles. The molecule has 0 atom stereocenters. The zero-order valence-electron chi connectivity index (χ0n) is 18.7. The maximum Gasteiger partial charge on any atom is 0.258 e. The first-order chi connectivity index (χ1) is 16.0. The zero-order chi connectivity index (χ0) is 23.6. The molecule has 33 heavy (non-hydrogen) atoms. The fraction of sp³-hybridized carbons (Fsp3) is 0.231. The van der Waals surface area contributed by atoms with Crippen LogP contribution in [-0.4, -0.2) is 39.2 Å². The first kappa shape index (κ1) is 23.9. The Bertz CT molecular complexity index is 1090. The minimum atomic E-state index is -0.365. The van der Waals surface area contributed by atoms with Gasteiger partial charge in [-0.05, 0) is 53.6 Å². The predicted molar refractivity (Wildman–Crippen MR) is 125 cm³/mol. The van der Waals surface area contributed by atoms with Gasteiger partial charge in [0.2, 0.25) is 5.91 Å². The maximum atomic E-state index is 13.8. The number of benzene rings is 3. The van der Waals surface area contributed by atoms with E-state index in [2.05, 4.69) is 5.32 Å². The van der Waals surface area contributed by atoms with Gasteiger partial charge in [0.05, 0.1) is 26.7 Å². The SMILES string of the molecule is COCCNC(=O)Cc1ccc(N(Cc2cccc(F)c2)C(=O)c2cccc(OC)c2)cc1. The minimum Gasteiger partial charge on any atom is -0.497 e. The minimum absolute atomic E-state index is 0.108. The maximum absolute atomic E-state index is 13.8. The molecule has 0 aliphatic rings. The predicted octanol–water partition coefficient (Wildman–Crippen LogP) is 3.99. The van der Waals surface area contributed by atoms with Gasteiger partial charge in [-0.15, -0.1) is 0 Å². The van der Waals surface area contributed by atoms with Crippen LogP contribution >= 0.6 is 0 Å². The third-order valence-corrected chi connectivity index (χ3v) is 5.03. The number of rotatable bonds is 10. The number of nitrogens with zero attached hydrogens (tertiary/aromatic N) is 1. The van der Waals surface area contributed by atoms with Crippen LogP contribution in [0.4, 0.5) is 10.1 Å². The van der Waals surface area contributed by atoms with Gasteiger partial charge in [0.25, 0.3) is 5.91 Å². The third kappa shape index (κ3) is 6.89. The van der Waals surface area contributed by atoms with Crippen LogP contribution in [0.5, 0.6) is 5.75 Å². The van der Waals surface area contributed by atoms with Gasteiger partial charge in [-0.25, -0.2) is 4.39 Å². The van der Waals surface area contributed by atoms with E-state index in [1.807, 2.05) is 12.1 Å². The highest BCUT2D eigenvalue weighted by molar-refractivity contribution is 6.06. The second-order valence-electron chi connectivity index (χ2n) is 7.44. The average Bonchev–Trinajstić information content (AvgIpc) is 2.83. The normalized spacial score (nSPS) is 10.5. The van der Waals surface area contributed by atoms with Gasteiger partial charge >= 0.3 is 0 Å². The molecular weight excluding hydrogens is 423 g/mol. The van der Waals surface area contributed by atoms with E-state index in [1.165, 1.54) is 19.2 Å². The molecule has 0 aliphatic carbocycles. The van der Waals surface area contributed by atoms with Gasteiger partial charge < -0.3 is 19.7 Å². The quantitative estimate of drug-likeness (QED) is 0.475. The van der Waals surface area contributed by atoms with Crippen molar-refractivity contribution in [1.29, 1.82) is 0 Å². The topological polar surface area (TPSA) is 67.9 Å². The number of hydrogen-bond acceptors (Lipinski definition) is 4. The molecule has 0 heterocycles. The lowest BCUT2D eigenvalue weighted by molar-refractivity contribution is -0.120. The molecule has 0 aliphatic heterocycles. The summed E-state index contributed by atoms with van der Waals surface area (Å²) in [6.45, 7) is 1.08. The van der Waals surface area contributed by atoms with Crippen molar-refractivity contribution in [1.82, 2.24) is 5.32 Å². The Hall–Kier alpha value is -3.71. The summed E-state index contributed by atoms with van der Waals surface area (Å²) in [6, 6.07) is 20.2. The molecule has 0 radical (unpaired) electrons. The lowest BCUT2D eigenvalue weighted by Crippen LogP contribution is -2.30. The molecule has 7 heteroatoms. The second kappa shape index (κ2) is 11.8. The van der Waals surface area contributed by atoms with E-state index >= 15 is 0 Å². The molecule has 3 rings (SSSR count). The Morgan fingerprint density at radius 1 is 0.939 bits per heavy atom. The van der Waals surface area contributed by atoms with E-state index in [0.29, 0.717) is 35.7 Å². The summed E-state index contributed by atoms with van der Waals surface area (Å²) in [7, 11) is 3.12. The lowest BCUT2D eigenvalue weighted by Gasteiger charge is -2.24. The summed E-state index contributed by atoms with van der Waals surface area (Å²) >= 11 is 0.